The number of likely N-dealkylation sites (tertiary alicyclic amines) is 1. The minimum atomic E-state index is 0.0987. The first-order chi connectivity index (χ1) is 14.2. The molecule has 0 bridgehead atoms. The molecule has 2 aliphatic heterocycles. The molecule has 0 atom stereocenters. The van der Waals surface area contributed by atoms with E-state index in [2.05, 4.69) is 28.5 Å². The zero-order valence-corrected chi connectivity index (χ0v) is 17.5. The number of aryl methyl sites for hydroxylation is 1. The molecule has 0 saturated carbocycles. The average molecular weight is 397 g/mol. The summed E-state index contributed by atoms with van der Waals surface area (Å²) in [4.78, 5) is 32.0. The number of benzene rings is 1. The highest BCUT2D eigenvalue weighted by Gasteiger charge is 2.27. The van der Waals surface area contributed by atoms with Crippen molar-refractivity contribution >= 4 is 22.7 Å². The van der Waals surface area contributed by atoms with Crippen LogP contribution in [0.25, 0.3) is 10.9 Å². The second-order valence-electron chi connectivity index (χ2n) is 8.20. The largest absolute Gasteiger partial charge is 0.342 e. The van der Waals surface area contributed by atoms with Crippen molar-refractivity contribution < 1.29 is 9.59 Å². The zero-order valence-electron chi connectivity index (χ0n) is 17.5. The third-order valence-electron chi connectivity index (χ3n) is 6.32. The SMILES string of the molecule is CCn1c(C(=O)N2CCN(CC(=O)N3CCCCCC3)CC2)cc2ccccc21. The number of piperazine rings is 1. The van der Waals surface area contributed by atoms with E-state index in [1.54, 1.807) is 0 Å². The smallest absolute Gasteiger partial charge is 0.270 e. The lowest BCUT2D eigenvalue weighted by molar-refractivity contribution is -0.132. The molecule has 0 radical (unpaired) electrons. The Hall–Kier alpha value is -2.34. The Morgan fingerprint density at radius 2 is 1.55 bits per heavy atom. The molecule has 2 saturated heterocycles. The third-order valence-corrected chi connectivity index (χ3v) is 6.32. The lowest BCUT2D eigenvalue weighted by Gasteiger charge is -2.35. The summed E-state index contributed by atoms with van der Waals surface area (Å²) in [5.41, 5.74) is 1.88. The Morgan fingerprint density at radius 3 is 2.24 bits per heavy atom. The number of carbonyl (C=O) groups is 2. The second-order valence-corrected chi connectivity index (χ2v) is 8.20. The fourth-order valence-corrected chi connectivity index (χ4v) is 4.61. The van der Waals surface area contributed by atoms with E-state index < -0.39 is 0 Å². The van der Waals surface area contributed by atoms with Gasteiger partial charge < -0.3 is 14.4 Å². The molecular formula is C23H32N4O2. The molecule has 3 heterocycles. The highest BCUT2D eigenvalue weighted by molar-refractivity contribution is 5.98. The Bertz CT molecular complexity index is 859. The van der Waals surface area contributed by atoms with Crippen molar-refractivity contribution in [2.24, 2.45) is 0 Å². The summed E-state index contributed by atoms with van der Waals surface area (Å²) in [7, 11) is 0. The average Bonchev–Trinajstić information content (AvgIpc) is 2.91. The molecule has 6 nitrogen and oxygen atoms in total. The van der Waals surface area contributed by atoms with Crippen molar-refractivity contribution in [1.29, 1.82) is 0 Å². The highest BCUT2D eigenvalue weighted by Crippen LogP contribution is 2.21. The molecule has 2 aromatic rings. The lowest BCUT2D eigenvalue weighted by Crippen LogP contribution is -2.51. The maximum Gasteiger partial charge on any atom is 0.270 e. The van der Waals surface area contributed by atoms with E-state index in [0.29, 0.717) is 19.6 Å². The molecule has 0 aliphatic carbocycles. The molecule has 0 unspecified atom stereocenters. The fraction of sp³-hybridized carbons (Fsp3) is 0.565. The summed E-state index contributed by atoms with van der Waals surface area (Å²) in [6, 6.07) is 10.2. The van der Waals surface area contributed by atoms with Gasteiger partial charge in [0.15, 0.2) is 0 Å². The van der Waals surface area contributed by atoms with Crippen molar-refractivity contribution in [1.82, 2.24) is 19.3 Å². The first kappa shape index (κ1) is 20.0. The van der Waals surface area contributed by atoms with Gasteiger partial charge in [0.25, 0.3) is 5.91 Å². The van der Waals surface area contributed by atoms with Crippen LogP contribution in [0, 0.1) is 0 Å². The molecule has 1 aromatic heterocycles. The van der Waals surface area contributed by atoms with Crippen molar-refractivity contribution in [3.8, 4) is 0 Å². The van der Waals surface area contributed by atoms with Crippen molar-refractivity contribution in [3.05, 3.63) is 36.0 Å². The second kappa shape index (κ2) is 8.99. The number of hydrogen-bond acceptors (Lipinski definition) is 3. The van der Waals surface area contributed by atoms with Crippen LogP contribution in [0.1, 0.15) is 43.1 Å². The maximum atomic E-state index is 13.2. The van der Waals surface area contributed by atoms with Gasteiger partial charge in [-0.05, 0) is 31.9 Å². The molecule has 156 valence electrons. The van der Waals surface area contributed by atoms with Gasteiger partial charge in [0.2, 0.25) is 5.91 Å². The molecule has 0 N–H and O–H groups in total. The summed E-state index contributed by atoms with van der Waals surface area (Å²) in [6.45, 7) is 8.02. The van der Waals surface area contributed by atoms with Gasteiger partial charge in [-0.3, -0.25) is 14.5 Å². The van der Waals surface area contributed by atoms with Gasteiger partial charge in [-0.1, -0.05) is 31.0 Å². The minimum absolute atomic E-state index is 0.0987. The van der Waals surface area contributed by atoms with Gasteiger partial charge in [0, 0.05) is 56.7 Å². The van der Waals surface area contributed by atoms with E-state index in [9.17, 15) is 9.59 Å². The van der Waals surface area contributed by atoms with Gasteiger partial charge >= 0.3 is 0 Å². The number of hydrogen-bond donors (Lipinski definition) is 0. The first-order valence-corrected chi connectivity index (χ1v) is 11.0. The molecular weight excluding hydrogens is 364 g/mol. The molecule has 2 aliphatic rings. The number of rotatable bonds is 4. The summed E-state index contributed by atoms with van der Waals surface area (Å²) >= 11 is 0. The van der Waals surface area contributed by atoms with E-state index in [-0.39, 0.29) is 11.8 Å². The normalized spacial score (nSPS) is 18.8. The Morgan fingerprint density at radius 1 is 0.862 bits per heavy atom. The van der Waals surface area contributed by atoms with Crippen LogP contribution in [0.5, 0.6) is 0 Å². The number of amides is 2. The minimum Gasteiger partial charge on any atom is -0.342 e. The third kappa shape index (κ3) is 4.32. The zero-order chi connectivity index (χ0) is 20.2. The summed E-state index contributed by atoms with van der Waals surface area (Å²) < 4.78 is 2.10. The van der Waals surface area contributed by atoms with Crippen LogP contribution >= 0.6 is 0 Å². The summed E-state index contributed by atoms with van der Waals surface area (Å²) in [6.07, 6.45) is 4.72. The van der Waals surface area contributed by atoms with Crippen LogP contribution in [0.3, 0.4) is 0 Å². The molecule has 6 heteroatoms. The Labute approximate surface area is 173 Å². The van der Waals surface area contributed by atoms with Crippen LogP contribution in [-0.4, -0.2) is 76.9 Å². The summed E-state index contributed by atoms with van der Waals surface area (Å²) in [5.74, 6) is 0.347. The van der Waals surface area contributed by atoms with Crippen LogP contribution in [0.4, 0.5) is 0 Å². The van der Waals surface area contributed by atoms with Gasteiger partial charge in [0.1, 0.15) is 5.69 Å². The number of aromatic nitrogens is 1. The van der Waals surface area contributed by atoms with E-state index in [1.807, 2.05) is 28.0 Å². The van der Waals surface area contributed by atoms with Crippen molar-refractivity contribution in [3.63, 3.8) is 0 Å². The van der Waals surface area contributed by atoms with E-state index in [4.69, 9.17) is 0 Å². The van der Waals surface area contributed by atoms with E-state index in [0.717, 1.165) is 62.2 Å². The number of fused-ring (bicyclic) bond motifs is 1. The van der Waals surface area contributed by atoms with Crippen LogP contribution in [0.2, 0.25) is 0 Å². The predicted octanol–water partition coefficient (Wildman–Crippen LogP) is 2.82. The molecule has 1 aromatic carbocycles. The Balaban J connectivity index is 1.36. The molecule has 4 rings (SSSR count). The van der Waals surface area contributed by atoms with Gasteiger partial charge in [-0.15, -0.1) is 0 Å². The topological polar surface area (TPSA) is 48.8 Å². The van der Waals surface area contributed by atoms with E-state index >= 15 is 0 Å². The van der Waals surface area contributed by atoms with Crippen LogP contribution in [-0.2, 0) is 11.3 Å². The maximum absolute atomic E-state index is 13.2. The summed E-state index contributed by atoms with van der Waals surface area (Å²) in [5, 5.41) is 1.11. The fourth-order valence-electron chi connectivity index (χ4n) is 4.61. The van der Waals surface area contributed by atoms with Gasteiger partial charge in [-0.25, -0.2) is 0 Å². The number of nitrogens with zero attached hydrogens (tertiary/aromatic N) is 4. The van der Waals surface area contributed by atoms with E-state index in [1.165, 1.54) is 12.8 Å². The van der Waals surface area contributed by atoms with Crippen LogP contribution < -0.4 is 0 Å². The number of carbonyl (C=O) groups excluding carboxylic acids is 2. The number of para-hydroxylation sites is 1. The standard InChI is InChI=1S/C23H32N4O2/c1-2-27-20-10-6-5-9-19(20)17-21(27)23(29)26-15-13-24(14-16-26)18-22(28)25-11-7-3-4-8-12-25/h5-6,9-10,17H,2-4,7-8,11-16,18H2,1H3. The quantitative estimate of drug-likeness (QED) is 0.799. The van der Waals surface area contributed by atoms with Crippen molar-refractivity contribution in [2.75, 3.05) is 45.8 Å². The molecule has 29 heavy (non-hydrogen) atoms. The monoisotopic (exact) mass is 396 g/mol. The molecule has 0 spiro atoms. The molecule has 2 fully saturated rings. The van der Waals surface area contributed by atoms with Gasteiger partial charge in [0.05, 0.1) is 6.54 Å². The Kier molecular flexibility index (Phi) is 6.19. The predicted molar refractivity (Wildman–Crippen MR) is 115 cm³/mol. The lowest BCUT2D eigenvalue weighted by atomic mass is 10.2. The first-order valence-electron chi connectivity index (χ1n) is 11.0. The highest BCUT2D eigenvalue weighted by atomic mass is 16.2. The van der Waals surface area contributed by atoms with Gasteiger partial charge in [-0.2, -0.15) is 0 Å². The van der Waals surface area contributed by atoms with Crippen LogP contribution in [0.15, 0.2) is 30.3 Å². The van der Waals surface area contributed by atoms with Crippen molar-refractivity contribution in [2.45, 2.75) is 39.2 Å². The molecule has 2 amide bonds.